The van der Waals surface area contributed by atoms with Crippen LogP contribution in [-0.2, 0) is 9.59 Å². The number of hydrogen-bond acceptors (Lipinski definition) is 10. The van der Waals surface area contributed by atoms with Crippen LogP contribution in [0.5, 0.6) is 11.8 Å². The number of benzene rings is 2. The standard InChI is InChI=1S/C40H41F3N6O5/c1-8-26-29(42)11-10-22-12-25(54-37(51)21(3)4)13-27(32(22)26)34-33(43)35-28(16-44-34)36(46-38(45-35)53-20-39(5)14-23(41)17-47(39)7)48-18-24-15-40(6,52)30(19-48)49(24)31(50)9-2/h1,9-13,16,21,23-24,30,52H,2,14-15,17-20H2,3-7H3/t23-,24-,30-,39+,40?/m1/s1. The molecule has 7 rings (SSSR count). The van der Waals surface area contributed by atoms with Crippen LogP contribution in [0.2, 0.25) is 0 Å². The van der Waals surface area contributed by atoms with E-state index in [1.165, 1.54) is 36.5 Å². The number of fused-ring (bicyclic) bond motifs is 4. The third-order valence-electron chi connectivity index (χ3n) is 11.0. The van der Waals surface area contributed by atoms with Crippen LogP contribution in [0.25, 0.3) is 32.9 Å². The molecule has 5 atom stereocenters. The molecule has 3 fully saturated rings. The Bertz CT molecular complexity index is 2260. The van der Waals surface area contributed by atoms with Crippen molar-refractivity contribution in [2.24, 2.45) is 5.92 Å². The molecule has 1 N–H and O–H groups in total. The Morgan fingerprint density at radius 1 is 1.17 bits per heavy atom. The maximum absolute atomic E-state index is 17.3. The largest absolute Gasteiger partial charge is 0.461 e. The van der Waals surface area contributed by atoms with Gasteiger partial charge in [-0.15, -0.1) is 6.42 Å². The van der Waals surface area contributed by atoms with Crippen molar-refractivity contribution in [1.29, 1.82) is 0 Å². The van der Waals surface area contributed by atoms with Gasteiger partial charge in [0.05, 0.1) is 40.1 Å². The summed E-state index contributed by atoms with van der Waals surface area (Å²) in [5.41, 5.74) is -2.43. The van der Waals surface area contributed by atoms with Gasteiger partial charge in [-0.3, -0.25) is 19.5 Å². The average molecular weight is 743 g/mol. The molecule has 2 aromatic heterocycles. The molecule has 0 spiro atoms. The number of esters is 1. The summed E-state index contributed by atoms with van der Waals surface area (Å²) in [5, 5.41) is 12.1. The van der Waals surface area contributed by atoms with E-state index in [1.54, 1.807) is 32.7 Å². The lowest BCUT2D eigenvalue weighted by Crippen LogP contribution is -2.59. The Balaban J connectivity index is 1.40. The summed E-state index contributed by atoms with van der Waals surface area (Å²) in [4.78, 5) is 44.6. The number of aliphatic hydroxyl groups is 1. The highest BCUT2D eigenvalue weighted by Crippen LogP contribution is 2.43. The second kappa shape index (κ2) is 13.5. The molecule has 2 bridgehead atoms. The topological polar surface area (TPSA) is 121 Å². The molecule has 0 radical (unpaired) electrons. The highest BCUT2D eigenvalue weighted by Gasteiger charge is 2.54. The van der Waals surface area contributed by atoms with Crippen molar-refractivity contribution in [2.75, 3.05) is 38.2 Å². The zero-order valence-corrected chi connectivity index (χ0v) is 30.7. The number of likely N-dealkylation sites (N-methyl/N-ethyl adjacent to an activating group) is 1. The number of pyridine rings is 1. The van der Waals surface area contributed by atoms with E-state index >= 15 is 8.78 Å². The van der Waals surface area contributed by atoms with Crippen molar-refractivity contribution in [1.82, 2.24) is 24.8 Å². The number of piperazine rings is 1. The van der Waals surface area contributed by atoms with Gasteiger partial charge in [0.1, 0.15) is 41.4 Å². The quantitative estimate of drug-likeness (QED) is 0.112. The number of aromatic nitrogens is 3. The molecule has 3 aliphatic heterocycles. The number of nitrogens with zero attached hydrogens (tertiary/aromatic N) is 6. The van der Waals surface area contributed by atoms with E-state index < -0.39 is 52.9 Å². The Labute approximate surface area is 310 Å². The summed E-state index contributed by atoms with van der Waals surface area (Å²) >= 11 is 0. The first-order valence-corrected chi connectivity index (χ1v) is 17.8. The average Bonchev–Trinajstić information content (AvgIpc) is 3.48. The van der Waals surface area contributed by atoms with Crippen molar-refractivity contribution in [3.8, 4) is 35.4 Å². The van der Waals surface area contributed by atoms with Gasteiger partial charge in [0.2, 0.25) is 5.91 Å². The van der Waals surface area contributed by atoms with E-state index in [-0.39, 0.29) is 89.3 Å². The van der Waals surface area contributed by atoms with Crippen molar-refractivity contribution >= 4 is 39.4 Å². The summed E-state index contributed by atoms with van der Waals surface area (Å²) in [6.07, 6.45) is 7.82. The number of anilines is 1. The van der Waals surface area contributed by atoms with E-state index in [1.807, 2.05) is 16.7 Å². The Morgan fingerprint density at radius 2 is 1.93 bits per heavy atom. The first-order chi connectivity index (χ1) is 25.5. The molecule has 282 valence electrons. The molecular formula is C40H41F3N6O5. The highest BCUT2D eigenvalue weighted by molar-refractivity contribution is 6.03. The number of halogens is 3. The van der Waals surface area contributed by atoms with Crippen LogP contribution in [0.1, 0.15) is 46.1 Å². The van der Waals surface area contributed by atoms with Crippen LogP contribution in [0, 0.1) is 29.9 Å². The van der Waals surface area contributed by atoms with Crippen LogP contribution < -0.4 is 14.4 Å². The van der Waals surface area contributed by atoms with Gasteiger partial charge in [-0.2, -0.15) is 9.97 Å². The second-order valence-electron chi connectivity index (χ2n) is 15.3. The monoisotopic (exact) mass is 742 g/mol. The van der Waals surface area contributed by atoms with Crippen molar-refractivity contribution in [3.05, 3.63) is 60.3 Å². The Hall–Kier alpha value is -5.26. The first-order valence-electron chi connectivity index (χ1n) is 17.8. The summed E-state index contributed by atoms with van der Waals surface area (Å²) in [5.74, 6) is -0.245. The molecule has 5 heterocycles. The molecule has 3 saturated heterocycles. The van der Waals surface area contributed by atoms with Gasteiger partial charge in [0.15, 0.2) is 5.82 Å². The maximum atomic E-state index is 17.3. The van der Waals surface area contributed by atoms with Crippen LogP contribution in [0.15, 0.2) is 43.1 Å². The van der Waals surface area contributed by atoms with Gasteiger partial charge in [-0.1, -0.05) is 32.4 Å². The fourth-order valence-corrected chi connectivity index (χ4v) is 8.01. The number of hydrogen-bond donors (Lipinski definition) is 1. The second-order valence-corrected chi connectivity index (χ2v) is 15.3. The van der Waals surface area contributed by atoms with Gasteiger partial charge in [-0.05, 0) is 50.6 Å². The van der Waals surface area contributed by atoms with Gasteiger partial charge in [0, 0.05) is 49.6 Å². The number of alkyl halides is 1. The van der Waals surface area contributed by atoms with Crippen LogP contribution in [-0.4, -0.2) is 104 Å². The summed E-state index contributed by atoms with van der Waals surface area (Å²) in [6, 6.07) is 4.31. The summed E-state index contributed by atoms with van der Waals surface area (Å²) < 4.78 is 58.6. The predicted molar refractivity (Wildman–Crippen MR) is 197 cm³/mol. The van der Waals surface area contributed by atoms with Gasteiger partial charge in [0.25, 0.3) is 0 Å². The molecule has 3 aliphatic rings. The molecule has 0 saturated carbocycles. The van der Waals surface area contributed by atoms with Crippen LogP contribution in [0.3, 0.4) is 0 Å². The lowest BCUT2D eigenvalue weighted by atomic mass is 9.95. The summed E-state index contributed by atoms with van der Waals surface area (Å²) in [6.45, 7) is 11.1. The minimum absolute atomic E-state index is 0.00525. The normalized spacial score (nSPS) is 25.4. The van der Waals surface area contributed by atoms with E-state index in [9.17, 15) is 19.1 Å². The van der Waals surface area contributed by atoms with Crippen LogP contribution >= 0.6 is 0 Å². The lowest BCUT2D eigenvalue weighted by molar-refractivity contribution is -0.137. The maximum Gasteiger partial charge on any atom is 0.319 e. The molecule has 54 heavy (non-hydrogen) atoms. The number of likely N-dealkylation sites (tertiary alicyclic amines) is 1. The van der Waals surface area contributed by atoms with Crippen LogP contribution in [0.4, 0.5) is 19.0 Å². The van der Waals surface area contributed by atoms with Gasteiger partial charge in [-0.25, -0.2) is 13.2 Å². The fourth-order valence-electron chi connectivity index (χ4n) is 8.01. The van der Waals surface area contributed by atoms with E-state index in [4.69, 9.17) is 20.9 Å². The van der Waals surface area contributed by atoms with E-state index in [2.05, 4.69) is 22.5 Å². The molecule has 11 nitrogen and oxygen atoms in total. The molecule has 1 amide bonds. The number of terminal acetylenes is 1. The van der Waals surface area contributed by atoms with Gasteiger partial charge < -0.3 is 24.4 Å². The summed E-state index contributed by atoms with van der Waals surface area (Å²) in [7, 11) is 1.79. The van der Waals surface area contributed by atoms with E-state index in [0.717, 1.165) is 0 Å². The molecule has 2 aromatic carbocycles. The number of carbonyl (C=O) groups excluding carboxylic acids is 2. The third kappa shape index (κ3) is 6.28. The minimum atomic E-state index is -1.23. The number of rotatable bonds is 8. The smallest absolute Gasteiger partial charge is 0.319 e. The highest BCUT2D eigenvalue weighted by atomic mass is 19.1. The zero-order valence-electron chi connectivity index (χ0n) is 30.7. The van der Waals surface area contributed by atoms with Gasteiger partial charge >= 0.3 is 12.0 Å². The minimum Gasteiger partial charge on any atom is -0.461 e. The zero-order chi connectivity index (χ0) is 38.9. The number of amides is 1. The number of ether oxygens (including phenoxy) is 2. The van der Waals surface area contributed by atoms with Crippen molar-refractivity contribution in [2.45, 2.75) is 69.9 Å². The third-order valence-corrected chi connectivity index (χ3v) is 11.0. The van der Waals surface area contributed by atoms with Crippen molar-refractivity contribution < 1.29 is 37.3 Å². The molecule has 1 unspecified atom stereocenters. The molecule has 0 aliphatic carbocycles. The molecular weight excluding hydrogens is 701 g/mol. The fraction of sp³-hybridized carbons (Fsp3) is 0.425. The lowest BCUT2D eigenvalue weighted by Gasteiger charge is -2.42. The number of carbonyl (C=O) groups is 2. The SMILES string of the molecule is C#Cc1c(F)ccc2cc(OC(=O)C(C)C)cc(-c3ncc4c(N5C[C@H]6CC(C)(O)[C@@H](C5)N6C(=O)C=C)nc(OC[C@]5(C)C[C@@H](F)CN5C)nc4c3F)c12. The molecule has 14 heteroatoms. The Morgan fingerprint density at radius 3 is 2.57 bits per heavy atom. The first kappa shape index (κ1) is 37.1. The Kier molecular flexibility index (Phi) is 9.30. The predicted octanol–water partition coefficient (Wildman–Crippen LogP) is 5.20. The van der Waals surface area contributed by atoms with Crippen molar-refractivity contribution in [3.63, 3.8) is 0 Å². The van der Waals surface area contributed by atoms with E-state index in [0.29, 0.717) is 11.8 Å². The molecule has 4 aromatic rings.